The summed E-state index contributed by atoms with van der Waals surface area (Å²) in [5.41, 5.74) is 5.13. The lowest BCUT2D eigenvalue weighted by atomic mass is 10.1. The van der Waals surface area contributed by atoms with Gasteiger partial charge in [-0.3, -0.25) is 0 Å². The zero-order valence-electron chi connectivity index (χ0n) is 13.0. The number of benzene rings is 1. The first-order chi connectivity index (χ1) is 11.7. The molecule has 0 spiro atoms. The first kappa shape index (κ1) is 18.3. The van der Waals surface area contributed by atoms with E-state index in [2.05, 4.69) is 4.37 Å². The van der Waals surface area contributed by atoms with Gasteiger partial charge in [-0.05, 0) is 36.5 Å². The van der Waals surface area contributed by atoms with Crippen LogP contribution in [-0.2, 0) is 16.2 Å². The van der Waals surface area contributed by atoms with E-state index >= 15 is 0 Å². The molecule has 0 aliphatic carbocycles. The second-order valence-corrected chi connectivity index (χ2v) is 8.38. The Kier molecular flexibility index (Phi) is 4.89. The summed E-state index contributed by atoms with van der Waals surface area (Å²) in [5.74, 6) is 0. The molecule has 2 N–H and O–H groups in total. The fourth-order valence-electron chi connectivity index (χ4n) is 2.70. The van der Waals surface area contributed by atoms with Crippen molar-refractivity contribution in [1.29, 1.82) is 0 Å². The molecule has 1 aromatic heterocycles. The molecule has 136 valence electrons. The normalized spacial score (nSPS) is 17.8. The van der Waals surface area contributed by atoms with E-state index in [4.69, 9.17) is 5.73 Å². The number of aromatic nitrogens is 1. The Hall–Kier alpha value is -1.49. The molecule has 0 atom stereocenters. The Labute approximate surface area is 147 Å². The maximum atomic E-state index is 12.9. The second kappa shape index (κ2) is 6.67. The average Bonchev–Trinajstić information content (AvgIpc) is 3.05. The van der Waals surface area contributed by atoms with E-state index in [1.807, 2.05) is 0 Å². The highest BCUT2D eigenvalue weighted by Gasteiger charge is 2.33. The molecule has 1 aromatic carbocycles. The number of alkyl halides is 3. The predicted octanol–water partition coefficient (Wildman–Crippen LogP) is 2.94. The smallest absolute Gasteiger partial charge is 0.328 e. The lowest BCUT2D eigenvalue weighted by molar-refractivity contribution is -0.137. The zero-order valence-corrected chi connectivity index (χ0v) is 14.7. The van der Waals surface area contributed by atoms with Crippen molar-refractivity contribution in [2.75, 3.05) is 13.1 Å². The van der Waals surface area contributed by atoms with Crippen molar-refractivity contribution in [3.8, 4) is 11.3 Å². The molecule has 0 bridgehead atoms. The van der Waals surface area contributed by atoms with Crippen molar-refractivity contribution in [3.05, 3.63) is 35.2 Å². The monoisotopic (exact) mass is 391 g/mol. The molecule has 0 amide bonds. The van der Waals surface area contributed by atoms with Crippen molar-refractivity contribution < 1.29 is 21.6 Å². The lowest BCUT2D eigenvalue weighted by Crippen LogP contribution is -2.42. The van der Waals surface area contributed by atoms with Crippen LogP contribution in [0.4, 0.5) is 13.2 Å². The molecule has 3 rings (SSSR count). The summed E-state index contributed by atoms with van der Waals surface area (Å²) in [7, 11) is -3.82. The number of nitrogens with zero attached hydrogens (tertiary/aromatic N) is 2. The van der Waals surface area contributed by atoms with E-state index in [0.717, 1.165) is 23.7 Å². The summed E-state index contributed by atoms with van der Waals surface area (Å²) in [4.78, 5) is -0.0627. The number of hydrogen-bond donors (Lipinski definition) is 1. The Bertz CT molecular complexity index is 857. The van der Waals surface area contributed by atoms with E-state index in [1.54, 1.807) is 0 Å². The van der Waals surface area contributed by atoms with E-state index < -0.39 is 21.8 Å². The molecule has 0 saturated carbocycles. The van der Waals surface area contributed by atoms with Gasteiger partial charge in [0.25, 0.3) is 0 Å². The quantitative estimate of drug-likeness (QED) is 0.873. The fourth-order valence-corrected chi connectivity index (χ4v) is 5.32. The molecule has 1 aliphatic rings. The van der Waals surface area contributed by atoms with Crippen LogP contribution in [0.25, 0.3) is 11.3 Å². The Balaban J connectivity index is 1.98. The fraction of sp³-hybridized carbons (Fsp3) is 0.400. The SMILES string of the molecule is NC1CCN(S(=O)(=O)c2csnc2-c2cccc(C(F)(F)F)c2)CC1. The summed E-state index contributed by atoms with van der Waals surface area (Å²) in [6.07, 6.45) is -3.40. The molecule has 5 nitrogen and oxygen atoms in total. The van der Waals surface area contributed by atoms with Crippen molar-refractivity contribution in [2.45, 2.75) is 30.0 Å². The van der Waals surface area contributed by atoms with Crippen LogP contribution in [0.2, 0.25) is 0 Å². The highest BCUT2D eigenvalue weighted by atomic mass is 32.2. The van der Waals surface area contributed by atoms with Crippen molar-refractivity contribution in [2.24, 2.45) is 5.73 Å². The lowest BCUT2D eigenvalue weighted by Gasteiger charge is -2.29. The molecule has 2 heterocycles. The van der Waals surface area contributed by atoms with Gasteiger partial charge in [-0.15, -0.1) is 0 Å². The van der Waals surface area contributed by atoms with E-state index in [9.17, 15) is 21.6 Å². The predicted molar refractivity (Wildman–Crippen MR) is 88.5 cm³/mol. The van der Waals surface area contributed by atoms with Crippen LogP contribution < -0.4 is 5.73 Å². The number of piperidine rings is 1. The van der Waals surface area contributed by atoms with Crippen LogP contribution in [-0.4, -0.2) is 36.2 Å². The van der Waals surface area contributed by atoms with E-state index in [1.165, 1.54) is 21.8 Å². The van der Waals surface area contributed by atoms with Gasteiger partial charge in [0.2, 0.25) is 10.0 Å². The maximum Gasteiger partial charge on any atom is 0.416 e. The van der Waals surface area contributed by atoms with Gasteiger partial charge in [0.05, 0.1) is 5.56 Å². The van der Waals surface area contributed by atoms with Gasteiger partial charge in [0.15, 0.2) is 0 Å². The number of rotatable bonds is 3. The molecule has 2 aromatic rings. The molecule has 0 unspecified atom stereocenters. The van der Waals surface area contributed by atoms with E-state index in [0.29, 0.717) is 25.9 Å². The van der Waals surface area contributed by atoms with Crippen LogP contribution >= 0.6 is 11.5 Å². The van der Waals surface area contributed by atoms with Gasteiger partial charge in [0, 0.05) is 30.1 Å². The van der Waals surface area contributed by atoms with Gasteiger partial charge in [-0.2, -0.15) is 21.9 Å². The summed E-state index contributed by atoms with van der Waals surface area (Å²) in [5, 5.41) is 1.36. The van der Waals surface area contributed by atoms with Gasteiger partial charge in [-0.1, -0.05) is 12.1 Å². The van der Waals surface area contributed by atoms with Crippen LogP contribution in [0.3, 0.4) is 0 Å². The first-order valence-electron chi connectivity index (χ1n) is 7.57. The van der Waals surface area contributed by atoms with Crippen LogP contribution in [0.15, 0.2) is 34.5 Å². The number of halogens is 3. The third-order valence-electron chi connectivity index (χ3n) is 4.12. The van der Waals surface area contributed by atoms with Crippen LogP contribution in [0.5, 0.6) is 0 Å². The van der Waals surface area contributed by atoms with Gasteiger partial charge in [-0.25, -0.2) is 8.42 Å². The van der Waals surface area contributed by atoms with Gasteiger partial charge < -0.3 is 5.73 Å². The molecule has 1 aliphatic heterocycles. The maximum absolute atomic E-state index is 12.9. The third kappa shape index (κ3) is 3.71. The summed E-state index contributed by atoms with van der Waals surface area (Å²) < 4.78 is 69.8. The van der Waals surface area contributed by atoms with Crippen LogP contribution in [0, 0.1) is 0 Å². The first-order valence-corrected chi connectivity index (χ1v) is 9.85. The third-order valence-corrected chi connectivity index (χ3v) is 6.81. The Morgan fingerprint density at radius 2 is 1.92 bits per heavy atom. The molecule has 25 heavy (non-hydrogen) atoms. The molecule has 1 fully saturated rings. The Morgan fingerprint density at radius 1 is 1.24 bits per heavy atom. The van der Waals surface area contributed by atoms with Crippen molar-refractivity contribution >= 4 is 21.6 Å². The zero-order chi connectivity index (χ0) is 18.2. The minimum atomic E-state index is -4.51. The number of hydrogen-bond acceptors (Lipinski definition) is 5. The summed E-state index contributed by atoms with van der Waals surface area (Å²) >= 11 is 0.904. The highest BCUT2D eigenvalue weighted by Crippen LogP contribution is 2.35. The second-order valence-electron chi connectivity index (χ2n) is 5.85. The minimum Gasteiger partial charge on any atom is -0.328 e. The molecule has 10 heteroatoms. The Morgan fingerprint density at radius 3 is 2.56 bits per heavy atom. The minimum absolute atomic E-state index is 0.0324. The van der Waals surface area contributed by atoms with Crippen LogP contribution in [0.1, 0.15) is 18.4 Å². The summed E-state index contributed by atoms with van der Waals surface area (Å²) in [6, 6.07) is 4.49. The largest absolute Gasteiger partial charge is 0.416 e. The number of sulfonamides is 1. The average molecular weight is 391 g/mol. The molecular weight excluding hydrogens is 375 g/mol. The van der Waals surface area contributed by atoms with E-state index in [-0.39, 0.29) is 22.2 Å². The molecule has 1 saturated heterocycles. The standard InChI is InChI=1S/C15H16F3N3O2S2/c16-15(17,18)11-3-1-2-10(8-11)14-13(9-24-20-14)25(22,23)21-6-4-12(19)5-7-21/h1-3,8-9,12H,4-7,19H2. The topological polar surface area (TPSA) is 76.3 Å². The summed E-state index contributed by atoms with van der Waals surface area (Å²) in [6.45, 7) is 0.586. The number of nitrogens with two attached hydrogens (primary N) is 1. The highest BCUT2D eigenvalue weighted by molar-refractivity contribution is 7.89. The van der Waals surface area contributed by atoms with Crippen molar-refractivity contribution in [1.82, 2.24) is 8.68 Å². The van der Waals surface area contributed by atoms with Crippen molar-refractivity contribution in [3.63, 3.8) is 0 Å². The molecular formula is C15H16F3N3O2S2. The van der Waals surface area contributed by atoms with Gasteiger partial charge >= 0.3 is 6.18 Å². The molecule has 0 radical (unpaired) electrons. The van der Waals surface area contributed by atoms with Gasteiger partial charge in [0.1, 0.15) is 10.6 Å².